The molecule has 2 aliphatic heterocycles. The van der Waals surface area contributed by atoms with Crippen LogP contribution in [-0.4, -0.2) is 64.1 Å². The molecule has 2 aliphatic rings. The molecule has 0 saturated carbocycles. The van der Waals surface area contributed by atoms with Gasteiger partial charge in [0, 0.05) is 25.3 Å². The zero-order chi connectivity index (χ0) is 21.9. The van der Waals surface area contributed by atoms with Crippen molar-refractivity contribution in [3.05, 3.63) is 35.0 Å². The van der Waals surface area contributed by atoms with Crippen molar-refractivity contribution in [3.8, 4) is 0 Å². The number of fused-ring (bicyclic) bond motifs is 1. The van der Waals surface area contributed by atoms with Gasteiger partial charge in [0.1, 0.15) is 0 Å². The van der Waals surface area contributed by atoms with Crippen LogP contribution in [0.3, 0.4) is 0 Å². The lowest BCUT2D eigenvalue weighted by Crippen LogP contribution is -2.46. The molecular weight excluding hydrogens is 408 g/mol. The number of nitrogens with zero attached hydrogens (tertiary/aromatic N) is 2. The van der Waals surface area contributed by atoms with Gasteiger partial charge in [-0.3, -0.25) is 0 Å². The third kappa shape index (κ3) is 4.29. The zero-order valence-corrected chi connectivity index (χ0v) is 18.3. The van der Waals surface area contributed by atoms with Crippen molar-refractivity contribution < 1.29 is 22.7 Å². The second-order valence-corrected chi connectivity index (χ2v) is 8.97. The first-order chi connectivity index (χ1) is 14.3. The molecule has 0 bridgehead atoms. The molecule has 0 spiro atoms. The predicted molar refractivity (Wildman–Crippen MR) is 113 cm³/mol. The van der Waals surface area contributed by atoms with Gasteiger partial charge in [0.25, 0.3) is 0 Å². The Morgan fingerprint density at radius 2 is 1.97 bits per heavy atom. The normalized spacial score (nSPS) is 16.4. The van der Waals surface area contributed by atoms with Crippen molar-refractivity contribution in [1.82, 2.24) is 14.9 Å². The third-order valence-electron chi connectivity index (χ3n) is 5.31. The van der Waals surface area contributed by atoms with Gasteiger partial charge in [0.2, 0.25) is 10.0 Å². The number of hydrogen-bond acceptors (Lipinski definition) is 6. The highest BCUT2D eigenvalue weighted by atomic mass is 32.2. The van der Waals surface area contributed by atoms with Gasteiger partial charge in [-0.25, -0.2) is 18.0 Å². The summed E-state index contributed by atoms with van der Waals surface area (Å²) in [6.45, 7) is 7.55. The number of ether oxygens (including phenoxy) is 1. The van der Waals surface area contributed by atoms with Crippen LogP contribution >= 0.6 is 0 Å². The van der Waals surface area contributed by atoms with Crippen molar-refractivity contribution in [2.24, 2.45) is 0 Å². The van der Waals surface area contributed by atoms with Crippen LogP contribution in [0.2, 0.25) is 0 Å². The molecule has 2 amide bonds. The number of anilines is 1. The molecular formula is C20H28N4O5S. The van der Waals surface area contributed by atoms with E-state index in [4.69, 9.17) is 4.74 Å². The summed E-state index contributed by atoms with van der Waals surface area (Å²) in [5, 5.41) is 5.31. The number of carbonyl (C=O) groups is 2. The number of benzene rings is 1. The fourth-order valence-corrected chi connectivity index (χ4v) is 5.26. The van der Waals surface area contributed by atoms with E-state index in [0.717, 1.165) is 11.3 Å². The number of urea groups is 1. The summed E-state index contributed by atoms with van der Waals surface area (Å²) in [7, 11) is -3.52. The van der Waals surface area contributed by atoms with Crippen LogP contribution in [0.1, 0.15) is 26.3 Å². The molecule has 0 aromatic heterocycles. The van der Waals surface area contributed by atoms with Crippen LogP contribution in [0.25, 0.3) is 0 Å². The summed E-state index contributed by atoms with van der Waals surface area (Å²) < 4.78 is 32.1. The minimum absolute atomic E-state index is 0.113. The van der Waals surface area contributed by atoms with Gasteiger partial charge in [-0.1, -0.05) is 13.8 Å². The average molecular weight is 437 g/mol. The second kappa shape index (κ2) is 9.05. The van der Waals surface area contributed by atoms with E-state index in [9.17, 15) is 18.0 Å². The molecule has 2 heterocycles. The summed E-state index contributed by atoms with van der Waals surface area (Å²) in [5.74, 6) is -0.458. The lowest BCUT2D eigenvalue weighted by Gasteiger charge is -2.26. The highest BCUT2D eigenvalue weighted by molar-refractivity contribution is 7.89. The number of nitrogens with one attached hydrogen (secondary N) is 2. The maximum absolute atomic E-state index is 12.8. The van der Waals surface area contributed by atoms with Gasteiger partial charge in [-0.15, -0.1) is 0 Å². The highest BCUT2D eigenvalue weighted by Crippen LogP contribution is 2.32. The van der Waals surface area contributed by atoms with Crippen molar-refractivity contribution >= 4 is 27.7 Å². The van der Waals surface area contributed by atoms with Gasteiger partial charge < -0.3 is 20.3 Å². The van der Waals surface area contributed by atoms with Gasteiger partial charge >= 0.3 is 12.0 Å². The maximum atomic E-state index is 12.8. The lowest BCUT2D eigenvalue weighted by molar-refractivity contribution is -0.138. The van der Waals surface area contributed by atoms with Crippen molar-refractivity contribution in [2.45, 2.75) is 32.1 Å². The first-order valence-electron chi connectivity index (χ1n) is 10.1. The minimum Gasteiger partial charge on any atom is -0.463 e. The molecule has 1 aromatic carbocycles. The molecule has 0 aliphatic carbocycles. The summed E-state index contributed by atoms with van der Waals surface area (Å²) >= 11 is 0. The molecule has 10 heteroatoms. The van der Waals surface area contributed by atoms with E-state index in [1.807, 2.05) is 18.7 Å². The number of sulfonamides is 1. The molecule has 0 atom stereocenters. The molecule has 1 aromatic rings. The van der Waals surface area contributed by atoms with Gasteiger partial charge in [0.05, 0.1) is 35.9 Å². The largest absolute Gasteiger partial charge is 0.463 e. The van der Waals surface area contributed by atoms with Crippen molar-refractivity contribution in [3.63, 3.8) is 0 Å². The molecule has 0 radical (unpaired) electrons. The average Bonchev–Trinajstić information content (AvgIpc) is 3.11. The topological polar surface area (TPSA) is 108 Å². The molecule has 0 unspecified atom stereocenters. The van der Waals surface area contributed by atoms with Crippen LogP contribution in [0.4, 0.5) is 10.5 Å². The number of amides is 2. The number of hydrogen-bond donors (Lipinski definition) is 2. The van der Waals surface area contributed by atoms with E-state index in [-0.39, 0.29) is 24.1 Å². The van der Waals surface area contributed by atoms with Crippen LogP contribution in [0, 0.1) is 0 Å². The number of rotatable bonds is 8. The van der Waals surface area contributed by atoms with Crippen LogP contribution in [-0.2, 0) is 26.0 Å². The van der Waals surface area contributed by atoms with Gasteiger partial charge in [-0.05, 0) is 37.1 Å². The monoisotopic (exact) mass is 436 g/mol. The Hall–Kier alpha value is -2.59. The zero-order valence-electron chi connectivity index (χ0n) is 17.5. The molecule has 30 heavy (non-hydrogen) atoms. The SMILES string of the molecule is CCOC(=O)C1=C(CN2CCc3cc(S(=O)(=O)N(CC)CC)ccc32)NC(=O)NC1. The Bertz CT molecular complexity index is 969. The second-order valence-electron chi connectivity index (χ2n) is 7.04. The van der Waals surface area contributed by atoms with E-state index >= 15 is 0 Å². The Morgan fingerprint density at radius 3 is 2.63 bits per heavy atom. The summed E-state index contributed by atoms with van der Waals surface area (Å²) in [4.78, 5) is 26.4. The predicted octanol–water partition coefficient (Wildman–Crippen LogP) is 1.21. The van der Waals surface area contributed by atoms with Crippen LogP contribution in [0.5, 0.6) is 0 Å². The van der Waals surface area contributed by atoms with Crippen LogP contribution < -0.4 is 15.5 Å². The van der Waals surface area contributed by atoms with E-state index < -0.39 is 16.0 Å². The number of esters is 1. The van der Waals surface area contributed by atoms with E-state index in [0.29, 0.717) is 43.9 Å². The lowest BCUT2D eigenvalue weighted by atomic mass is 10.1. The molecule has 164 valence electrons. The van der Waals surface area contributed by atoms with Gasteiger partial charge in [0.15, 0.2) is 0 Å². The Morgan fingerprint density at radius 1 is 1.23 bits per heavy atom. The first kappa shape index (κ1) is 22.1. The van der Waals surface area contributed by atoms with E-state index in [1.54, 1.807) is 25.1 Å². The standard InChI is InChI=1S/C20H28N4O5S/c1-4-24(5-2)30(27,28)15-7-8-18-14(11-15)9-10-23(18)13-17-16(19(25)29-6-3)12-21-20(26)22-17/h7-8,11H,4-6,9-10,12-13H2,1-3H3,(H2,21,22,26). The van der Waals surface area contributed by atoms with E-state index in [1.165, 1.54) is 4.31 Å². The smallest absolute Gasteiger partial charge is 0.337 e. The fraction of sp³-hybridized carbons (Fsp3) is 0.500. The molecule has 0 fully saturated rings. The summed E-state index contributed by atoms with van der Waals surface area (Å²) in [6.07, 6.45) is 0.686. The van der Waals surface area contributed by atoms with E-state index in [2.05, 4.69) is 10.6 Å². The van der Waals surface area contributed by atoms with Crippen LogP contribution in [0.15, 0.2) is 34.4 Å². The summed E-state index contributed by atoms with van der Waals surface area (Å²) in [5.41, 5.74) is 2.73. The quantitative estimate of drug-likeness (QED) is 0.593. The molecule has 0 saturated heterocycles. The van der Waals surface area contributed by atoms with Crippen molar-refractivity contribution in [1.29, 1.82) is 0 Å². The molecule has 2 N–H and O–H groups in total. The molecule has 9 nitrogen and oxygen atoms in total. The highest BCUT2D eigenvalue weighted by Gasteiger charge is 2.29. The third-order valence-corrected chi connectivity index (χ3v) is 7.36. The first-order valence-corrected chi connectivity index (χ1v) is 11.6. The Balaban J connectivity index is 1.86. The Kier molecular flexibility index (Phi) is 6.67. The fourth-order valence-electron chi connectivity index (χ4n) is 3.76. The number of carbonyl (C=O) groups excluding carboxylic acids is 2. The van der Waals surface area contributed by atoms with Crippen molar-refractivity contribution in [2.75, 3.05) is 44.2 Å². The maximum Gasteiger partial charge on any atom is 0.337 e. The van der Waals surface area contributed by atoms with Gasteiger partial charge in [-0.2, -0.15) is 4.31 Å². The Labute approximate surface area is 177 Å². The summed E-state index contributed by atoms with van der Waals surface area (Å²) in [6, 6.07) is 4.78. The minimum atomic E-state index is -3.52. The molecule has 3 rings (SSSR count).